The number of aliphatic hydroxyl groups is 2. The molecular weight excluding hydrogens is 534 g/mol. The maximum atomic E-state index is 14.1. The van der Waals surface area contributed by atoms with Crippen molar-refractivity contribution < 1.29 is 29.3 Å². The number of rotatable bonds is 8. The Labute approximate surface area is 246 Å². The number of carbonyl (C=O) groups is 3. The van der Waals surface area contributed by atoms with Gasteiger partial charge in [0.05, 0.1) is 24.1 Å². The summed E-state index contributed by atoms with van der Waals surface area (Å²) in [6, 6.07) is 11.2. The first-order chi connectivity index (χ1) is 20.0. The number of fused-ring (bicyclic) bond motifs is 3. The summed E-state index contributed by atoms with van der Waals surface area (Å²) < 4.78 is 6.12. The van der Waals surface area contributed by atoms with Crippen molar-refractivity contribution in [3.05, 3.63) is 64.4 Å². The summed E-state index contributed by atoms with van der Waals surface area (Å²) in [5, 5.41) is 22.8. The van der Waals surface area contributed by atoms with Crippen LogP contribution < -0.4 is 15.4 Å². The van der Waals surface area contributed by atoms with Gasteiger partial charge < -0.3 is 25.6 Å². The number of carbonyl (C=O) groups excluding carboxylic acids is 3. The molecule has 2 unspecified atom stereocenters. The first-order valence-corrected chi connectivity index (χ1v) is 14.5. The van der Waals surface area contributed by atoms with Gasteiger partial charge in [-0.1, -0.05) is 31.5 Å². The van der Waals surface area contributed by atoms with Crippen LogP contribution in [0.4, 0.5) is 5.69 Å². The predicted octanol–water partition coefficient (Wildman–Crippen LogP) is 4.06. The molecule has 9 heteroatoms. The fourth-order valence-corrected chi connectivity index (χ4v) is 6.91. The number of aliphatic hydroxyl groups excluding tert-OH is 2. The lowest BCUT2D eigenvalue weighted by atomic mass is 9.59. The molecule has 1 amide bonds. The van der Waals surface area contributed by atoms with Gasteiger partial charge in [0.15, 0.2) is 11.6 Å². The van der Waals surface area contributed by atoms with Crippen molar-refractivity contribution in [1.29, 1.82) is 0 Å². The highest BCUT2D eigenvalue weighted by molar-refractivity contribution is 6.28. The van der Waals surface area contributed by atoms with Gasteiger partial charge in [-0.15, -0.1) is 0 Å². The Morgan fingerprint density at radius 3 is 2.31 bits per heavy atom. The van der Waals surface area contributed by atoms with E-state index in [-0.39, 0.29) is 11.3 Å². The second-order valence-electron chi connectivity index (χ2n) is 11.9. The molecule has 2 aromatic rings. The van der Waals surface area contributed by atoms with Gasteiger partial charge in [-0.3, -0.25) is 19.3 Å². The standard InChI is InChI=1S/C33H39N3O6/c1-6-7-14-42-23-13-12-20(17-8-10-19(11-9-17)35(2)3)21-15-18-16-22-26(30(38)24(18)29(37)25(21)23)31(39)27(33(34)41)32(40)28(22)36(4)5/h8-13,18,22,26,28,37,40H,6-7,14-16H2,1-5H3,(H2,34,41)/t18?,22-,26?,28+/m1/s1. The first-order valence-electron chi connectivity index (χ1n) is 14.5. The summed E-state index contributed by atoms with van der Waals surface area (Å²) in [4.78, 5) is 43.6. The summed E-state index contributed by atoms with van der Waals surface area (Å²) >= 11 is 0. The van der Waals surface area contributed by atoms with E-state index in [0.717, 1.165) is 35.2 Å². The fourth-order valence-electron chi connectivity index (χ4n) is 6.91. The zero-order valence-corrected chi connectivity index (χ0v) is 24.8. The minimum absolute atomic E-state index is 0.181. The van der Waals surface area contributed by atoms with Crippen molar-refractivity contribution in [2.24, 2.45) is 23.5 Å². The maximum absolute atomic E-state index is 14.1. The second kappa shape index (κ2) is 11.3. The number of nitrogens with zero attached hydrogens (tertiary/aromatic N) is 2. The third-order valence-electron chi connectivity index (χ3n) is 8.88. The SMILES string of the molecule is CCCCOc1ccc(-c2ccc(N(C)C)cc2)c2c1C(O)=C1C(=O)C3C(=O)C(C(N)=O)=C(O)[C@@H](N(C)C)[C@@H]3CC1C2. The summed E-state index contributed by atoms with van der Waals surface area (Å²) in [7, 11) is 7.41. The highest BCUT2D eigenvalue weighted by atomic mass is 16.5. The zero-order valence-electron chi connectivity index (χ0n) is 24.8. The van der Waals surface area contributed by atoms with E-state index < -0.39 is 52.6 Å². The molecule has 2 aromatic carbocycles. The summed E-state index contributed by atoms with van der Waals surface area (Å²) in [5.74, 6) is -4.67. The monoisotopic (exact) mass is 573 g/mol. The van der Waals surface area contributed by atoms with E-state index in [0.29, 0.717) is 30.8 Å². The van der Waals surface area contributed by atoms with Gasteiger partial charge >= 0.3 is 0 Å². The summed E-state index contributed by atoms with van der Waals surface area (Å²) in [5.41, 5.74) is 9.44. The second-order valence-corrected chi connectivity index (χ2v) is 11.9. The number of likely N-dealkylation sites (N-methyl/N-ethyl adjacent to an activating group) is 1. The van der Waals surface area contributed by atoms with Gasteiger partial charge in [-0.2, -0.15) is 0 Å². The number of allylic oxidation sites excluding steroid dienone is 1. The number of amides is 1. The molecule has 42 heavy (non-hydrogen) atoms. The average molecular weight is 574 g/mol. The minimum Gasteiger partial charge on any atom is -0.510 e. The number of unbranched alkanes of at least 4 members (excludes halogenated alkanes) is 1. The molecule has 0 aliphatic heterocycles. The number of anilines is 1. The average Bonchev–Trinajstić information content (AvgIpc) is 2.92. The van der Waals surface area contributed by atoms with Crippen LogP contribution in [0.1, 0.15) is 37.3 Å². The topological polar surface area (TPSA) is 133 Å². The zero-order chi connectivity index (χ0) is 30.5. The molecule has 0 bridgehead atoms. The number of ketones is 2. The molecule has 0 spiro atoms. The molecule has 0 radical (unpaired) electrons. The summed E-state index contributed by atoms with van der Waals surface area (Å²) in [6.07, 6.45) is 2.57. The molecule has 222 valence electrons. The molecule has 0 heterocycles. The van der Waals surface area contributed by atoms with Crippen LogP contribution in [0.3, 0.4) is 0 Å². The highest BCUT2D eigenvalue weighted by Crippen LogP contribution is 2.52. The van der Waals surface area contributed by atoms with Crippen molar-refractivity contribution >= 4 is 28.9 Å². The fraction of sp³-hybridized carbons (Fsp3) is 0.424. The van der Waals surface area contributed by atoms with Crippen molar-refractivity contribution in [2.45, 2.75) is 38.6 Å². The van der Waals surface area contributed by atoms with Gasteiger partial charge in [0, 0.05) is 25.4 Å². The van der Waals surface area contributed by atoms with Gasteiger partial charge in [0.2, 0.25) is 0 Å². The van der Waals surface area contributed by atoms with E-state index in [2.05, 4.69) is 6.92 Å². The normalized spacial score (nSPS) is 23.5. The Kier molecular flexibility index (Phi) is 7.90. The van der Waals surface area contributed by atoms with Crippen LogP contribution in [-0.2, 0) is 20.8 Å². The predicted molar refractivity (Wildman–Crippen MR) is 161 cm³/mol. The van der Waals surface area contributed by atoms with E-state index in [4.69, 9.17) is 10.5 Å². The molecular formula is C33H39N3O6. The third-order valence-corrected chi connectivity index (χ3v) is 8.88. The number of hydrogen-bond acceptors (Lipinski definition) is 8. The van der Waals surface area contributed by atoms with Crippen LogP contribution in [0, 0.1) is 17.8 Å². The lowest BCUT2D eigenvalue weighted by Gasteiger charge is -2.46. The van der Waals surface area contributed by atoms with Crippen molar-refractivity contribution in [3.8, 4) is 16.9 Å². The number of nitrogens with two attached hydrogens (primary N) is 1. The molecule has 4 atom stereocenters. The number of primary amides is 1. The Bertz CT molecular complexity index is 1500. The summed E-state index contributed by atoms with van der Waals surface area (Å²) in [6.45, 7) is 2.52. The van der Waals surface area contributed by atoms with Crippen molar-refractivity contribution in [1.82, 2.24) is 4.90 Å². The van der Waals surface area contributed by atoms with E-state index in [9.17, 15) is 24.6 Å². The molecule has 0 aromatic heterocycles. The van der Waals surface area contributed by atoms with E-state index in [1.807, 2.05) is 55.4 Å². The lowest BCUT2D eigenvalue weighted by Crippen LogP contribution is -2.55. The maximum Gasteiger partial charge on any atom is 0.255 e. The van der Waals surface area contributed by atoms with Crippen LogP contribution in [-0.4, -0.2) is 73.4 Å². The van der Waals surface area contributed by atoms with Gasteiger partial charge in [0.25, 0.3) is 5.91 Å². The van der Waals surface area contributed by atoms with Gasteiger partial charge in [0.1, 0.15) is 22.8 Å². The number of benzene rings is 2. The quantitative estimate of drug-likeness (QED) is 0.245. The van der Waals surface area contributed by atoms with Crippen LogP contribution in [0.15, 0.2) is 53.3 Å². The van der Waals surface area contributed by atoms with E-state index in [1.54, 1.807) is 19.0 Å². The highest BCUT2D eigenvalue weighted by Gasteiger charge is 2.55. The van der Waals surface area contributed by atoms with Crippen molar-refractivity contribution in [3.63, 3.8) is 0 Å². The first kappa shape index (κ1) is 29.4. The largest absolute Gasteiger partial charge is 0.510 e. The van der Waals surface area contributed by atoms with Crippen LogP contribution in [0.25, 0.3) is 16.9 Å². The minimum atomic E-state index is -1.23. The Morgan fingerprint density at radius 2 is 1.71 bits per heavy atom. The van der Waals surface area contributed by atoms with Crippen LogP contribution in [0.5, 0.6) is 5.75 Å². The number of Topliss-reactive ketones (excluding diaryl/α,β-unsaturated/α-hetero) is 2. The molecule has 0 saturated heterocycles. The Morgan fingerprint density at radius 1 is 1.02 bits per heavy atom. The Balaban J connectivity index is 1.67. The van der Waals surface area contributed by atoms with Crippen molar-refractivity contribution in [2.75, 3.05) is 39.7 Å². The van der Waals surface area contributed by atoms with Gasteiger partial charge in [-0.05, 0) is 80.1 Å². The molecule has 5 rings (SSSR count). The molecule has 3 aliphatic carbocycles. The van der Waals surface area contributed by atoms with E-state index >= 15 is 0 Å². The van der Waals surface area contributed by atoms with Crippen LogP contribution >= 0.6 is 0 Å². The number of ether oxygens (including phenoxy) is 1. The Hall–Kier alpha value is -4.11. The molecule has 1 fully saturated rings. The third kappa shape index (κ3) is 4.75. The molecule has 4 N–H and O–H groups in total. The molecule has 9 nitrogen and oxygen atoms in total. The molecule has 3 aliphatic rings. The van der Waals surface area contributed by atoms with Crippen LogP contribution in [0.2, 0.25) is 0 Å². The molecule has 1 saturated carbocycles. The van der Waals surface area contributed by atoms with E-state index in [1.165, 1.54) is 0 Å². The lowest BCUT2D eigenvalue weighted by molar-refractivity contribution is -0.136. The number of hydrogen-bond donors (Lipinski definition) is 3. The van der Waals surface area contributed by atoms with Gasteiger partial charge in [-0.25, -0.2) is 0 Å². The smallest absolute Gasteiger partial charge is 0.255 e.